The van der Waals surface area contributed by atoms with Crippen LogP contribution in [0.5, 0.6) is 0 Å². The van der Waals surface area contributed by atoms with Crippen LogP contribution >= 0.6 is 11.6 Å². The third-order valence-corrected chi connectivity index (χ3v) is 4.50. The zero-order chi connectivity index (χ0) is 20.9. The Morgan fingerprint density at radius 1 is 0.900 bits per heavy atom. The number of rotatable bonds is 4. The third-order valence-electron chi connectivity index (χ3n) is 4.25. The molecule has 1 aromatic heterocycles. The van der Waals surface area contributed by atoms with Crippen molar-refractivity contribution in [3.05, 3.63) is 83.6 Å². The van der Waals surface area contributed by atoms with Crippen molar-refractivity contribution < 1.29 is 4.79 Å². The van der Waals surface area contributed by atoms with Gasteiger partial charge in [0.25, 0.3) is 0 Å². The number of hydrogen-bond donors (Lipinski definition) is 3. The minimum Gasteiger partial charge on any atom is -0.340 e. The third kappa shape index (κ3) is 4.46. The number of aromatic nitrogens is 2. The highest BCUT2D eigenvalue weighted by molar-refractivity contribution is 6.30. The van der Waals surface area contributed by atoms with Gasteiger partial charge < -0.3 is 16.0 Å². The average Bonchev–Trinajstić information content (AvgIpc) is 2.76. The van der Waals surface area contributed by atoms with Crippen LogP contribution in [0.1, 0.15) is 5.56 Å². The number of nitriles is 1. The zero-order valence-electron chi connectivity index (χ0n) is 15.6. The Hall–Kier alpha value is -4.15. The van der Waals surface area contributed by atoms with Crippen LogP contribution in [0, 0.1) is 11.3 Å². The number of anilines is 4. The van der Waals surface area contributed by atoms with Gasteiger partial charge >= 0.3 is 6.03 Å². The monoisotopic (exact) mass is 414 g/mol. The molecule has 3 aromatic carbocycles. The molecular formula is C22H15ClN6O. The van der Waals surface area contributed by atoms with Crippen LogP contribution in [0.15, 0.2) is 73.1 Å². The summed E-state index contributed by atoms with van der Waals surface area (Å²) < 4.78 is 0. The number of nitrogens with zero attached hydrogens (tertiary/aromatic N) is 3. The zero-order valence-corrected chi connectivity index (χ0v) is 16.3. The average molecular weight is 415 g/mol. The number of nitrogens with one attached hydrogen (secondary N) is 3. The second-order valence-corrected chi connectivity index (χ2v) is 6.79. The van der Waals surface area contributed by atoms with E-state index in [0.29, 0.717) is 27.8 Å². The summed E-state index contributed by atoms with van der Waals surface area (Å²) in [4.78, 5) is 21.0. The Bertz CT molecular complexity index is 1270. The quantitative estimate of drug-likeness (QED) is 0.406. The number of urea groups is 1. The van der Waals surface area contributed by atoms with E-state index in [1.54, 1.807) is 54.6 Å². The van der Waals surface area contributed by atoms with Gasteiger partial charge in [-0.1, -0.05) is 17.7 Å². The van der Waals surface area contributed by atoms with Gasteiger partial charge in [0.05, 0.1) is 17.1 Å². The molecule has 0 aliphatic heterocycles. The van der Waals surface area contributed by atoms with Crippen LogP contribution < -0.4 is 16.0 Å². The van der Waals surface area contributed by atoms with Crippen molar-refractivity contribution >= 4 is 51.4 Å². The number of hydrogen-bond acceptors (Lipinski definition) is 5. The molecule has 0 atom stereocenters. The minimum absolute atomic E-state index is 0.423. The first-order valence-corrected chi connectivity index (χ1v) is 9.34. The highest BCUT2D eigenvalue weighted by atomic mass is 35.5. The normalized spacial score (nSPS) is 10.3. The predicted octanol–water partition coefficient (Wildman–Crippen LogP) is 5.54. The predicted molar refractivity (Wildman–Crippen MR) is 118 cm³/mol. The molecule has 0 aliphatic carbocycles. The molecule has 30 heavy (non-hydrogen) atoms. The van der Waals surface area contributed by atoms with E-state index in [2.05, 4.69) is 25.9 Å². The largest absolute Gasteiger partial charge is 0.340 e. The molecular weight excluding hydrogens is 400 g/mol. The Kier molecular flexibility index (Phi) is 5.42. The lowest BCUT2D eigenvalue weighted by atomic mass is 10.2. The summed E-state index contributed by atoms with van der Waals surface area (Å²) in [7, 11) is 0. The molecule has 1 heterocycles. The van der Waals surface area contributed by atoms with Gasteiger partial charge in [0.1, 0.15) is 12.1 Å². The van der Waals surface area contributed by atoms with E-state index >= 15 is 0 Å². The molecule has 0 bridgehead atoms. The number of benzene rings is 3. The summed E-state index contributed by atoms with van der Waals surface area (Å²) in [5.74, 6) is 0.605. The Labute approximate surface area is 177 Å². The van der Waals surface area contributed by atoms with E-state index in [1.165, 1.54) is 6.33 Å². The molecule has 0 saturated carbocycles. The van der Waals surface area contributed by atoms with Gasteiger partial charge in [0.2, 0.25) is 0 Å². The molecule has 8 heteroatoms. The Morgan fingerprint density at radius 2 is 1.63 bits per heavy atom. The lowest BCUT2D eigenvalue weighted by Gasteiger charge is -2.11. The van der Waals surface area contributed by atoms with Crippen molar-refractivity contribution in [2.45, 2.75) is 0 Å². The molecule has 0 radical (unpaired) electrons. The standard InChI is InChI=1S/C22H15ClN6O/c23-15-4-6-16(7-5-15)27-21-19-11-18(8-9-20(19)25-13-26-21)29-22(30)28-17-3-1-2-14(10-17)12-24/h1-11,13H,(H,25,26,27)(H2,28,29,30). The van der Waals surface area contributed by atoms with Gasteiger partial charge in [-0.05, 0) is 60.7 Å². The second-order valence-electron chi connectivity index (χ2n) is 6.36. The van der Waals surface area contributed by atoms with Crippen molar-refractivity contribution in [1.82, 2.24) is 9.97 Å². The maximum atomic E-state index is 12.4. The van der Waals surface area contributed by atoms with E-state index in [1.807, 2.05) is 18.2 Å². The van der Waals surface area contributed by atoms with Gasteiger partial charge in [-0.2, -0.15) is 5.26 Å². The fourth-order valence-electron chi connectivity index (χ4n) is 2.86. The Morgan fingerprint density at radius 3 is 2.40 bits per heavy atom. The molecule has 0 aliphatic rings. The van der Waals surface area contributed by atoms with E-state index in [0.717, 1.165) is 16.6 Å². The summed E-state index contributed by atoms with van der Waals surface area (Å²) in [6, 6.07) is 20.9. The molecule has 2 amide bonds. The fraction of sp³-hybridized carbons (Fsp3) is 0. The second kappa shape index (κ2) is 8.47. The van der Waals surface area contributed by atoms with E-state index < -0.39 is 6.03 Å². The minimum atomic E-state index is -0.423. The first-order valence-electron chi connectivity index (χ1n) is 8.96. The van der Waals surface area contributed by atoms with Crippen LogP contribution in [0.4, 0.5) is 27.7 Å². The molecule has 0 spiro atoms. The van der Waals surface area contributed by atoms with Crippen molar-refractivity contribution in [1.29, 1.82) is 5.26 Å². The summed E-state index contributed by atoms with van der Waals surface area (Å²) in [5, 5.41) is 19.1. The van der Waals surface area contributed by atoms with Crippen LogP contribution in [-0.4, -0.2) is 16.0 Å². The first-order chi connectivity index (χ1) is 14.6. The SMILES string of the molecule is N#Cc1cccc(NC(=O)Nc2ccc3ncnc(Nc4ccc(Cl)cc4)c3c2)c1. The van der Waals surface area contributed by atoms with Crippen LogP contribution in [0.25, 0.3) is 10.9 Å². The van der Waals surface area contributed by atoms with Crippen molar-refractivity contribution in [2.75, 3.05) is 16.0 Å². The van der Waals surface area contributed by atoms with Crippen LogP contribution in [0.3, 0.4) is 0 Å². The molecule has 4 aromatic rings. The number of fused-ring (bicyclic) bond motifs is 1. The van der Waals surface area contributed by atoms with Crippen molar-refractivity contribution in [3.8, 4) is 6.07 Å². The van der Waals surface area contributed by atoms with E-state index in [-0.39, 0.29) is 0 Å². The van der Waals surface area contributed by atoms with Gasteiger partial charge in [0, 0.05) is 27.5 Å². The fourth-order valence-corrected chi connectivity index (χ4v) is 2.99. The first kappa shape index (κ1) is 19.2. The van der Waals surface area contributed by atoms with Crippen molar-refractivity contribution in [3.63, 3.8) is 0 Å². The molecule has 0 saturated heterocycles. The summed E-state index contributed by atoms with van der Waals surface area (Å²) in [6.07, 6.45) is 1.47. The van der Waals surface area contributed by atoms with Crippen LogP contribution in [0.2, 0.25) is 5.02 Å². The van der Waals surface area contributed by atoms with Gasteiger partial charge in [-0.25, -0.2) is 14.8 Å². The highest BCUT2D eigenvalue weighted by Crippen LogP contribution is 2.26. The number of halogens is 1. The summed E-state index contributed by atoms with van der Waals surface area (Å²) in [6.45, 7) is 0. The highest BCUT2D eigenvalue weighted by Gasteiger charge is 2.08. The van der Waals surface area contributed by atoms with Gasteiger partial charge in [-0.15, -0.1) is 0 Å². The molecule has 7 nitrogen and oxygen atoms in total. The topological polar surface area (TPSA) is 103 Å². The summed E-state index contributed by atoms with van der Waals surface area (Å²) in [5.41, 5.74) is 3.13. The lowest BCUT2D eigenvalue weighted by Crippen LogP contribution is -2.19. The Balaban J connectivity index is 1.55. The molecule has 146 valence electrons. The maximum absolute atomic E-state index is 12.4. The van der Waals surface area contributed by atoms with Gasteiger partial charge in [0.15, 0.2) is 0 Å². The number of carbonyl (C=O) groups excluding carboxylic acids is 1. The lowest BCUT2D eigenvalue weighted by molar-refractivity contribution is 0.262. The molecule has 4 rings (SSSR count). The van der Waals surface area contributed by atoms with Gasteiger partial charge in [-0.3, -0.25) is 0 Å². The van der Waals surface area contributed by atoms with E-state index in [4.69, 9.17) is 16.9 Å². The van der Waals surface area contributed by atoms with E-state index in [9.17, 15) is 4.79 Å². The molecule has 0 fully saturated rings. The number of amides is 2. The maximum Gasteiger partial charge on any atom is 0.323 e. The van der Waals surface area contributed by atoms with Crippen molar-refractivity contribution in [2.24, 2.45) is 0 Å². The summed E-state index contributed by atoms with van der Waals surface area (Å²) >= 11 is 5.94. The number of carbonyl (C=O) groups is 1. The molecule has 0 unspecified atom stereocenters. The van der Waals surface area contributed by atoms with Crippen LogP contribution in [-0.2, 0) is 0 Å². The smallest absolute Gasteiger partial charge is 0.323 e. The molecule has 3 N–H and O–H groups in total.